The minimum atomic E-state index is -0.774. The van der Waals surface area contributed by atoms with Crippen LogP contribution in [0, 0.1) is 0 Å². The Hall–Kier alpha value is -3.18. The minimum absolute atomic E-state index is 0.231. The lowest BCUT2D eigenvalue weighted by Crippen LogP contribution is -2.38. The van der Waals surface area contributed by atoms with Crippen LogP contribution in [0.4, 0.5) is 5.69 Å². The van der Waals surface area contributed by atoms with Crippen LogP contribution in [0.25, 0.3) is 0 Å². The third kappa shape index (κ3) is 4.46. The number of amides is 2. The molecule has 0 saturated heterocycles. The van der Waals surface area contributed by atoms with Gasteiger partial charge in [-0.3, -0.25) is 9.59 Å². The first kappa shape index (κ1) is 17.6. The van der Waals surface area contributed by atoms with E-state index in [-0.39, 0.29) is 5.15 Å². The lowest BCUT2D eigenvalue weighted by atomic mass is 9.99. The van der Waals surface area contributed by atoms with Gasteiger partial charge in [0.05, 0.1) is 6.04 Å². The molecule has 0 bridgehead atoms. The summed E-state index contributed by atoms with van der Waals surface area (Å²) in [6, 6.07) is 21.5. The number of carbonyl (C=O) groups is 2. The maximum Gasteiger partial charge on any atom is 0.313 e. The molecule has 5 nitrogen and oxygen atoms in total. The quantitative estimate of drug-likeness (QED) is 0.548. The highest BCUT2D eigenvalue weighted by Crippen LogP contribution is 2.21. The second-order valence-corrected chi connectivity index (χ2v) is 5.94. The van der Waals surface area contributed by atoms with E-state index in [1.165, 1.54) is 12.3 Å². The molecule has 6 heteroatoms. The van der Waals surface area contributed by atoms with Crippen LogP contribution < -0.4 is 10.6 Å². The Labute approximate surface area is 156 Å². The number of rotatable bonds is 4. The van der Waals surface area contributed by atoms with Crippen molar-refractivity contribution in [2.24, 2.45) is 0 Å². The number of hydrogen-bond acceptors (Lipinski definition) is 3. The third-order valence-corrected chi connectivity index (χ3v) is 3.94. The zero-order valence-corrected chi connectivity index (χ0v) is 14.5. The van der Waals surface area contributed by atoms with Crippen LogP contribution in [0.15, 0.2) is 79.0 Å². The van der Waals surface area contributed by atoms with Crippen molar-refractivity contribution < 1.29 is 9.59 Å². The van der Waals surface area contributed by atoms with Gasteiger partial charge >= 0.3 is 11.8 Å². The number of anilines is 1. The van der Waals surface area contributed by atoms with Crippen molar-refractivity contribution >= 4 is 29.1 Å². The molecule has 1 heterocycles. The van der Waals surface area contributed by atoms with E-state index in [1.54, 1.807) is 6.07 Å². The molecule has 0 atom stereocenters. The zero-order chi connectivity index (χ0) is 18.4. The first-order valence-electron chi connectivity index (χ1n) is 7.97. The first-order chi connectivity index (χ1) is 12.6. The first-order valence-corrected chi connectivity index (χ1v) is 8.34. The van der Waals surface area contributed by atoms with Gasteiger partial charge in [-0.2, -0.15) is 0 Å². The molecule has 1 aromatic heterocycles. The van der Waals surface area contributed by atoms with E-state index >= 15 is 0 Å². The molecular weight excluding hydrogens is 350 g/mol. The fourth-order valence-corrected chi connectivity index (χ4v) is 2.69. The summed E-state index contributed by atoms with van der Waals surface area (Å²) in [4.78, 5) is 28.5. The van der Waals surface area contributed by atoms with Crippen LogP contribution in [0.1, 0.15) is 17.2 Å². The van der Waals surface area contributed by atoms with Crippen molar-refractivity contribution in [2.45, 2.75) is 6.04 Å². The molecule has 2 N–H and O–H groups in total. The molecule has 0 fully saturated rings. The Morgan fingerprint density at radius 2 is 1.42 bits per heavy atom. The molecule has 3 rings (SSSR count). The molecule has 130 valence electrons. The van der Waals surface area contributed by atoms with E-state index in [1.807, 2.05) is 60.7 Å². The molecule has 0 unspecified atom stereocenters. The molecule has 2 aromatic carbocycles. The summed E-state index contributed by atoms with van der Waals surface area (Å²) in [6.45, 7) is 0. The van der Waals surface area contributed by atoms with Crippen molar-refractivity contribution in [3.05, 3.63) is 95.3 Å². The molecule has 0 aliphatic heterocycles. The van der Waals surface area contributed by atoms with E-state index in [0.29, 0.717) is 5.69 Å². The fourth-order valence-electron chi connectivity index (χ4n) is 2.51. The Morgan fingerprint density at radius 3 is 1.96 bits per heavy atom. The van der Waals surface area contributed by atoms with E-state index in [2.05, 4.69) is 15.6 Å². The van der Waals surface area contributed by atoms with Gasteiger partial charge in [-0.25, -0.2) is 4.98 Å². The Kier molecular flexibility index (Phi) is 5.61. The van der Waals surface area contributed by atoms with Gasteiger partial charge in [0.1, 0.15) is 5.15 Å². The molecule has 0 saturated carbocycles. The molecular formula is C20H16ClN3O2. The molecule has 0 aliphatic rings. The predicted molar refractivity (Wildman–Crippen MR) is 101 cm³/mol. The molecule has 0 radical (unpaired) electrons. The Balaban J connectivity index is 1.78. The van der Waals surface area contributed by atoms with Crippen molar-refractivity contribution in [1.82, 2.24) is 10.3 Å². The van der Waals surface area contributed by atoms with Crippen molar-refractivity contribution in [3.63, 3.8) is 0 Å². The summed E-state index contributed by atoms with van der Waals surface area (Å²) in [7, 11) is 0. The number of pyridine rings is 1. The van der Waals surface area contributed by atoms with Gasteiger partial charge in [-0.15, -0.1) is 0 Å². The average Bonchev–Trinajstić information content (AvgIpc) is 2.67. The van der Waals surface area contributed by atoms with Gasteiger partial charge in [-0.1, -0.05) is 72.3 Å². The van der Waals surface area contributed by atoms with Gasteiger partial charge in [-0.05, 0) is 23.3 Å². The fraction of sp³-hybridized carbons (Fsp3) is 0.0500. The largest absolute Gasteiger partial charge is 0.337 e. The maximum absolute atomic E-state index is 12.4. The summed E-state index contributed by atoms with van der Waals surface area (Å²) in [5.74, 6) is -1.51. The van der Waals surface area contributed by atoms with Gasteiger partial charge in [0.25, 0.3) is 0 Å². The van der Waals surface area contributed by atoms with Crippen LogP contribution in [0.2, 0.25) is 5.15 Å². The topological polar surface area (TPSA) is 71.1 Å². The average molecular weight is 366 g/mol. The number of halogens is 1. The van der Waals surface area contributed by atoms with Crippen LogP contribution in [0.5, 0.6) is 0 Å². The Bertz CT molecular complexity index is 862. The van der Waals surface area contributed by atoms with Crippen LogP contribution in [-0.4, -0.2) is 16.8 Å². The number of benzene rings is 2. The maximum atomic E-state index is 12.4. The predicted octanol–water partition coefficient (Wildman–Crippen LogP) is 3.58. The lowest BCUT2D eigenvalue weighted by Gasteiger charge is -2.19. The van der Waals surface area contributed by atoms with E-state index in [4.69, 9.17) is 11.6 Å². The van der Waals surface area contributed by atoms with Crippen molar-refractivity contribution in [2.75, 3.05) is 5.32 Å². The lowest BCUT2D eigenvalue weighted by molar-refractivity contribution is -0.136. The van der Waals surface area contributed by atoms with Gasteiger partial charge in [0, 0.05) is 11.9 Å². The van der Waals surface area contributed by atoms with Crippen molar-refractivity contribution in [3.8, 4) is 0 Å². The van der Waals surface area contributed by atoms with Crippen LogP contribution in [0.3, 0.4) is 0 Å². The molecule has 26 heavy (non-hydrogen) atoms. The number of aromatic nitrogens is 1. The van der Waals surface area contributed by atoms with Crippen LogP contribution in [-0.2, 0) is 9.59 Å². The van der Waals surface area contributed by atoms with Crippen LogP contribution >= 0.6 is 11.6 Å². The van der Waals surface area contributed by atoms with E-state index < -0.39 is 17.9 Å². The number of nitrogens with zero attached hydrogens (tertiary/aromatic N) is 1. The summed E-state index contributed by atoms with van der Waals surface area (Å²) in [6.07, 6.45) is 1.45. The van der Waals surface area contributed by atoms with Crippen molar-refractivity contribution in [1.29, 1.82) is 0 Å². The third-order valence-electron chi connectivity index (χ3n) is 3.73. The highest BCUT2D eigenvalue weighted by molar-refractivity contribution is 6.40. The molecule has 3 aromatic rings. The van der Waals surface area contributed by atoms with Gasteiger partial charge in [0.2, 0.25) is 0 Å². The monoisotopic (exact) mass is 365 g/mol. The van der Waals surface area contributed by atoms with E-state index in [0.717, 1.165) is 11.1 Å². The minimum Gasteiger partial charge on any atom is -0.337 e. The highest BCUT2D eigenvalue weighted by atomic mass is 35.5. The summed E-state index contributed by atoms with van der Waals surface area (Å²) in [5, 5.41) is 5.53. The normalized spacial score (nSPS) is 10.4. The van der Waals surface area contributed by atoms with Gasteiger partial charge < -0.3 is 10.6 Å². The zero-order valence-electron chi connectivity index (χ0n) is 13.7. The summed E-state index contributed by atoms with van der Waals surface area (Å²) < 4.78 is 0. The van der Waals surface area contributed by atoms with E-state index in [9.17, 15) is 9.59 Å². The highest BCUT2D eigenvalue weighted by Gasteiger charge is 2.21. The second-order valence-electron chi connectivity index (χ2n) is 5.55. The molecule has 2 amide bonds. The molecule has 0 spiro atoms. The Morgan fingerprint density at radius 1 is 0.846 bits per heavy atom. The SMILES string of the molecule is O=C(Nc1ccnc(Cl)c1)C(=O)NC(c1ccccc1)c1ccccc1. The standard InChI is InChI=1S/C20H16ClN3O2/c21-17-13-16(11-12-22-17)23-19(25)20(26)24-18(14-7-3-1-4-8-14)15-9-5-2-6-10-15/h1-13,18H,(H,24,26)(H,22,23,25). The second kappa shape index (κ2) is 8.27. The summed E-state index contributed by atoms with van der Waals surface area (Å²) in [5.41, 5.74) is 2.17. The molecule has 0 aliphatic carbocycles. The van der Waals surface area contributed by atoms with Gasteiger partial charge in [0.15, 0.2) is 0 Å². The number of hydrogen-bond donors (Lipinski definition) is 2. The summed E-state index contributed by atoms with van der Waals surface area (Å²) >= 11 is 5.79. The smallest absolute Gasteiger partial charge is 0.313 e. The number of carbonyl (C=O) groups excluding carboxylic acids is 2. The number of nitrogens with one attached hydrogen (secondary N) is 2.